The number of likely N-dealkylation sites (tertiary alicyclic amines) is 2. The molecule has 0 saturated carbocycles. The van der Waals surface area contributed by atoms with Crippen LogP contribution in [-0.2, 0) is 6.54 Å². The summed E-state index contributed by atoms with van der Waals surface area (Å²) in [5.74, 6) is 2.74. The lowest BCUT2D eigenvalue weighted by Crippen LogP contribution is -2.31. The van der Waals surface area contributed by atoms with Gasteiger partial charge in [-0.1, -0.05) is 0 Å². The molecular formula is C20H32N2O3S. The second-order valence-electron chi connectivity index (χ2n) is 7.42. The molecule has 1 aromatic rings. The number of thioether (sulfide) groups is 1. The Labute approximate surface area is 161 Å². The van der Waals surface area contributed by atoms with Gasteiger partial charge in [0.2, 0.25) is 0 Å². The molecule has 0 amide bonds. The fourth-order valence-electron chi connectivity index (χ4n) is 4.33. The lowest BCUT2D eigenvalue weighted by Gasteiger charge is -2.23. The van der Waals surface area contributed by atoms with Gasteiger partial charge in [0, 0.05) is 38.3 Å². The minimum absolute atomic E-state index is 0.279. The van der Waals surface area contributed by atoms with Crippen LogP contribution in [0, 0.1) is 11.8 Å². The van der Waals surface area contributed by atoms with E-state index < -0.39 is 0 Å². The number of rotatable bonds is 8. The number of aliphatic hydroxyl groups is 1. The van der Waals surface area contributed by atoms with Gasteiger partial charge in [-0.2, -0.15) is 0 Å². The molecule has 0 unspecified atom stereocenters. The Bertz CT molecular complexity index is 593. The second kappa shape index (κ2) is 9.31. The van der Waals surface area contributed by atoms with Crippen LogP contribution in [0.3, 0.4) is 0 Å². The summed E-state index contributed by atoms with van der Waals surface area (Å²) in [5, 5.41) is 9.85. The third kappa shape index (κ3) is 4.47. The molecule has 0 bridgehead atoms. The average molecular weight is 381 g/mol. The van der Waals surface area contributed by atoms with Crippen LogP contribution in [0.5, 0.6) is 11.5 Å². The van der Waals surface area contributed by atoms with E-state index in [4.69, 9.17) is 9.47 Å². The Balaban J connectivity index is 1.70. The van der Waals surface area contributed by atoms with Gasteiger partial charge in [0.15, 0.2) is 0 Å². The van der Waals surface area contributed by atoms with Crippen LogP contribution in [-0.4, -0.2) is 74.7 Å². The van der Waals surface area contributed by atoms with Crippen molar-refractivity contribution in [2.75, 3.05) is 59.8 Å². The Morgan fingerprint density at radius 3 is 2.35 bits per heavy atom. The van der Waals surface area contributed by atoms with Crippen molar-refractivity contribution in [3.63, 3.8) is 0 Å². The molecule has 2 aliphatic heterocycles. The molecule has 0 aromatic heterocycles. The van der Waals surface area contributed by atoms with E-state index in [0.717, 1.165) is 48.1 Å². The highest BCUT2D eigenvalue weighted by Gasteiger charge is 2.34. The molecule has 5 nitrogen and oxygen atoms in total. The normalized spacial score (nSPS) is 24.3. The van der Waals surface area contributed by atoms with Crippen LogP contribution in [0.25, 0.3) is 0 Å². The molecule has 146 valence electrons. The molecule has 0 spiro atoms. The van der Waals surface area contributed by atoms with Crippen LogP contribution in [0.4, 0.5) is 0 Å². The highest BCUT2D eigenvalue weighted by molar-refractivity contribution is 7.98. The summed E-state index contributed by atoms with van der Waals surface area (Å²) < 4.78 is 11.2. The molecule has 2 heterocycles. The summed E-state index contributed by atoms with van der Waals surface area (Å²) in [6, 6.07) is 4.17. The van der Waals surface area contributed by atoms with Gasteiger partial charge in [-0.15, -0.1) is 11.8 Å². The highest BCUT2D eigenvalue weighted by atomic mass is 32.2. The van der Waals surface area contributed by atoms with Gasteiger partial charge >= 0.3 is 0 Å². The Hall–Kier alpha value is -0.950. The van der Waals surface area contributed by atoms with Crippen LogP contribution < -0.4 is 9.47 Å². The Kier molecular flexibility index (Phi) is 7.09. The quantitative estimate of drug-likeness (QED) is 0.700. The maximum Gasteiger partial charge on any atom is 0.132 e. The lowest BCUT2D eigenvalue weighted by atomic mass is 9.96. The van der Waals surface area contributed by atoms with Crippen molar-refractivity contribution in [2.45, 2.75) is 24.3 Å². The van der Waals surface area contributed by atoms with Gasteiger partial charge in [0.1, 0.15) is 11.5 Å². The maximum atomic E-state index is 9.85. The molecule has 1 N–H and O–H groups in total. The predicted octanol–water partition coefficient (Wildman–Crippen LogP) is 2.56. The molecule has 6 heteroatoms. The van der Waals surface area contributed by atoms with Crippen molar-refractivity contribution in [1.29, 1.82) is 0 Å². The van der Waals surface area contributed by atoms with Crippen molar-refractivity contribution < 1.29 is 14.6 Å². The van der Waals surface area contributed by atoms with E-state index in [1.165, 1.54) is 25.9 Å². The molecule has 1 aromatic carbocycles. The molecule has 3 rings (SSSR count). The summed E-state index contributed by atoms with van der Waals surface area (Å²) in [6.07, 6.45) is 4.68. The third-order valence-electron chi connectivity index (χ3n) is 5.76. The van der Waals surface area contributed by atoms with E-state index in [2.05, 4.69) is 21.9 Å². The summed E-state index contributed by atoms with van der Waals surface area (Å²) in [6.45, 7) is 6.66. The van der Waals surface area contributed by atoms with Crippen molar-refractivity contribution in [1.82, 2.24) is 9.80 Å². The third-order valence-corrected chi connectivity index (χ3v) is 6.52. The first-order chi connectivity index (χ1) is 12.7. The van der Waals surface area contributed by atoms with Crippen LogP contribution in [0.1, 0.15) is 18.4 Å². The number of aliphatic hydroxyl groups excluding tert-OH is 1. The molecular weight excluding hydrogens is 348 g/mol. The minimum Gasteiger partial charge on any atom is -0.496 e. The van der Waals surface area contributed by atoms with E-state index in [0.29, 0.717) is 11.8 Å². The predicted molar refractivity (Wildman–Crippen MR) is 106 cm³/mol. The first kappa shape index (κ1) is 19.8. The first-order valence-electron chi connectivity index (χ1n) is 9.53. The van der Waals surface area contributed by atoms with Gasteiger partial charge in [-0.05, 0) is 56.2 Å². The number of hydrogen-bond donors (Lipinski definition) is 1. The SMILES string of the molecule is COc1cc(SC)c(OC)cc1CN1C[C@@H](CN2CCCC2)[C@@H](CO)C1. The zero-order valence-electron chi connectivity index (χ0n) is 16.2. The summed E-state index contributed by atoms with van der Waals surface area (Å²) >= 11 is 1.67. The highest BCUT2D eigenvalue weighted by Crippen LogP contribution is 2.36. The van der Waals surface area contributed by atoms with Crippen LogP contribution >= 0.6 is 11.8 Å². The van der Waals surface area contributed by atoms with Crippen molar-refractivity contribution in [3.8, 4) is 11.5 Å². The Morgan fingerprint density at radius 1 is 1.04 bits per heavy atom. The molecule has 2 saturated heterocycles. The van der Waals surface area contributed by atoms with E-state index in [9.17, 15) is 5.11 Å². The van der Waals surface area contributed by atoms with Gasteiger partial charge < -0.3 is 19.5 Å². The largest absolute Gasteiger partial charge is 0.496 e. The summed E-state index contributed by atoms with van der Waals surface area (Å²) in [7, 11) is 3.45. The molecule has 2 fully saturated rings. The molecule has 2 aliphatic rings. The van der Waals surface area contributed by atoms with Crippen molar-refractivity contribution >= 4 is 11.8 Å². The monoisotopic (exact) mass is 380 g/mol. The van der Waals surface area contributed by atoms with E-state index >= 15 is 0 Å². The number of hydrogen-bond acceptors (Lipinski definition) is 6. The smallest absolute Gasteiger partial charge is 0.132 e. The molecule has 0 aliphatic carbocycles. The first-order valence-corrected chi connectivity index (χ1v) is 10.8. The maximum absolute atomic E-state index is 9.85. The Morgan fingerprint density at radius 2 is 1.73 bits per heavy atom. The zero-order valence-corrected chi connectivity index (χ0v) is 17.1. The fraction of sp³-hybridized carbons (Fsp3) is 0.700. The van der Waals surface area contributed by atoms with Crippen molar-refractivity contribution in [3.05, 3.63) is 17.7 Å². The standard InChI is InChI=1S/C20H32N2O3S/c1-24-18-9-20(26-3)19(25-2)8-15(18)10-22-12-16(17(13-22)14-23)11-21-6-4-5-7-21/h8-9,16-17,23H,4-7,10-14H2,1-3H3/t16-,17-/m1/s1. The fourth-order valence-corrected chi connectivity index (χ4v) is 4.90. The number of methoxy groups -OCH3 is 2. The second-order valence-corrected chi connectivity index (χ2v) is 8.27. The van der Waals surface area contributed by atoms with Gasteiger partial charge in [0.25, 0.3) is 0 Å². The zero-order chi connectivity index (χ0) is 18.5. The van der Waals surface area contributed by atoms with Crippen molar-refractivity contribution in [2.24, 2.45) is 11.8 Å². The van der Waals surface area contributed by atoms with E-state index in [1.807, 2.05) is 6.26 Å². The van der Waals surface area contributed by atoms with Gasteiger partial charge in [0.05, 0.1) is 19.1 Å². The number of nitrogens with zero attached hydrogens (tertiary/aromatic N) is 2. The summed E-state index contributed by atoms with van der Waals surface area (Å²) in [4.78, 5) is 6.11. The van der Waals surface area contributed by atoms with Gasteiger partial charge in [-0.25, -0.2) is 0 Å². The van der Waals surface area contributed by atoms with E-state index in [-0.39, 0.29) is 6.61 Å². The topological polar surface area (TPSA) is 45.2 Å². The van der Waals surface area contributed by atoms with Crippen LogP contribution in [0.2, 0.25) is 0 Å². The molecule has 26 heavy (non-hydrogen) atoms. The number of benzene rings is 1. The summed E-state index contributed by atoms with van der Waals surface area (Å²) in [5.41, 5.74) is 1.15. The van der Waals surface area contributed by atoms with Crippen LogP contribution in [0.15, 0.2) is 17.0 Å². The minimum atomic E-state index is 0.279. The molecule has 2 atom stereocenters. The average Bonchev–Trinajstić information content (AvgIpc) is 3.31. The van der Waals surface area contributed by atoms with Gasteiger partial charge in [-0.3, -0.25) is 4.90 Å². The van der Waals surface area contributed by atoms with E-state index in [1.54, 1.807) is 26.0 Å². The number of ether oxygens (including phenoxy) is 2. The molecule has 0 radical (unpaired) electrons. The lowest BCUT2D eigenvalue weighted by molar-refractivity contribution is 0.175.